The number of ether oxygens (including phenoxy) is 1. The molecule has 0 aliphatic heterocycles. The fourth-order valence-corrected chi connectivity index (χ4v) is 1.22. The number of pyridine rings is 1. The van der Waals surface area contributed by atoms with E-state index >= 15 is 0 Å². The van der Waals surface area contributed by atoms with Crippen LogP contribution in [0.4, 0.5) is 13.2 Å². The van der Waals surface area contributed by atoms with Gasteiger partial charge in [0.25, 0.3) is 6.43 Å². The van der Waals surface area contributed by atoms with Crippen LogP contribution in [0.5, 0.6) is 0 Å². The molecule has 0 N–H and O–H groups in total. The second-order valence-electron chi connectivity index (χ2n) is 2.48. The van der Waals surface area contributed by atoms with Gasteiger partial charge in [0.2, 0.25) is 0 Å². The topological polar surface area (TPSA) is 39.2 Å². The number of aromatic nitrogens is 1. The van der Waals surface area contributed by atoms with Crippen LogP contribution in [-0.4, -0.2) is 18.1 Å². The molecule has 0 saturated carbocycles. The predicted molar refractivity (Wildman–Crippen MR) is 45.5 cm³/mol. The average Bonchev–Trinajstić information content (AvgIpc) is 2.19. The van der Waals surface area contributed by atoms with Gasteiger partial charge in [-0.1, -0.05) is 11.6 Å². The van der Waals surface area contributed by atoms with Gasteiger partial charge in [-0.15, -0.1) is 0 Å². The summed E-state index contributed by atoms with van der Waals surface area (Å²) in [5, 5.41) is -0.515. The van der Waals surface area contributed by atoms with E-state index in [0.29, 0.717) is 6.20 Å². The van der Waals surface area contributed by atoms with Crippen molar-refractivity contribution >= 4 is 17.6 Å². The van der Waals surface area contributed by atoms with Crippen molar-refractivity contribution in [2.24, 2.45) is 0 Å². The lowest BCUT2D eigenvalue weighted by molar-refractivity contribution is 0.0586. The molecule has 0 aliphatic carbocycles. The number of rotatable bonds is 2. The summed E-state index contributed by atoms with van der Waals surface area (Å²) in [7, 11) is 0.971. The molecule has 0 amide bonds. The first kappa shape index (κ1) is 11.8. The van der Waals surface area contributed by atoms with Crippen LogP contribution in [-0.2, 0) is 4.74 Å². The van der Waals surface area contributed by atoms with E-state index in [0.717, 1.165) is 7.11 Å². The Labute approximate surface area is 87.8 Å². The lowest BCUT2D eigenvalue weighted by Crippen LogP contribution is -2.10. The van der Waals surface area contributed by atoms with E-state index in [1.165, 1.54) is 0 Å². The molecule has 0 radical (unpaired) electrons. The van der Waals surface area contributed by atoms with Crippen LogP contribution >= 0.6 is 11.6 Å². The molecular weight excluding hydrogens is 235 g/mol. The zero-order chi connectivity index (χ0) is 11.6. The van der Waals surface area contributed by atoms with Gasteiger partial charge in [0, 0.05) is 0 Å². The zero-order valence-corrected chi connectivity index (χ0v) is 8.19. The highest BCUT2D eigenvalue weighted by Crippen LogP contribution is 2.29. The molecule has 1 heterocycles. The monoisotopic (exact) mass is 239 g/mol. The van der Waals surface area contributed by atoms with Gasteiger partial charge in [-0.3, -0.25) is 0 Å². The van der Waals surface area contributed by atoms with Crippen LogP contribution in [0, 0.1) is 5.82 Å². The fraction of sp³-hybridized carbons (Fsp3) is 0.250. The number of hydrogen-bond acceptors (Lipinski definition) is 3. The summed E-state index contributed by atoms with van der Waals surface area (Å²) < 4.78 is 42.0. The van der Waals surface area contributed by atoms with E-state index in [1.54, 1.807) is 0 Å². The minimum absolute atomic E-state index is 0.515. The number of alkyl halides is 2. The smallest absolute Gasteiger partial charge is 0.341 e. The summed E-state index contributed by atoms with van der Waals surface area (Å²) in [5.41, 5.74) is -1.84. The third-order valence-electron chi connectivity index (χ3n) is 1.63. The minimum Gasteiger partial charge on any atom is -0.465 e. The lowest BCUT2D eigenvalue weighted by Gasteiger charge is -2.08. The Hall–Kier alpha value is -1.30. The largest absolute Gasteiger partial charge is 0.465 e. The van der Waals surface area contributed by atoms with Crippen molar-refractivity contribution in [2.45, 2.75) is 6.43 Å². The van der Waals surface area contributed by atoms with Gasteiger partial charge in [-0.25, -0.2) is 22.9 Å². The lowest BCUT2D eigenvalue weighted by atomic mass is 10.1. The van der Waals surface area contributed by atoms with Crippen LogP contribution in [0.2, 0.25) is 5.15 Å². The Morgan fingerprint density at radius 1 is 1.60 bits per heavy atom. The SMILES string of the molecule is COC(=O)c1c(Cl)ncc(F)c1C(F)F. The zero-order valence-electron chi connectivity index (χ0n) is 7.43. The normalized spacial score (nSPS) is 10.5. The van der Waals surface area contributed by atoms with Gasteiger partial charge in [0.05, 0.1) is 18.9 Å². The molecule has 0 spiro atoms. The molecule has 0 fully saturated rings. The summed E-state index contributed by atoms with van der Waals surface area (Å²) in [6.07, 6.45) is -2.64. The second-order valence-corrected chi connectivity index (χ2v) is 2.84. The van der Waals surface area contributed by atoms with Gasteiger partial charge in [-0.2, -0.15) is 0 Å². The van der Waals surface area contributed by atoms with E-state index in [1.807, 2.05) is 0 Å². The molecule has 82 valence electrons. The van der Waals surface area contributed by atoms with Crippen LogP contribution < -0.4 is 0 Å². The van der Waals surface area contributed by atoms with Crippen molar-refractivity contribution in [3.63, 3.8) is 0 Å². The van der Waals surface area contributed by atoms with E-state index < -0.39 is 34.5 Å². The van der Waals surface area contributed by atoms with Gasteiger partial charge >= 0.3 is 5.97 Å². The summed E-state index contributed by atoms with van der Waals surface area (Å²) in [4.78, 5) is 14.3. The van der Waals surface area contributed by atoms with E-state index in [2.05, 4.69) is 9.72 Å². The quantitative estimate of drug-likeness (QED) is 0.588. The van der Waals surface area contributed by atoms with E-state index in [9.17, 15) is 18.0 Å². The number of carbonyl (C=O) groups is 1. The Kier molecular flexibility index (Phi) is 3.52. The Morgan fingerprint density at radius 3 is 2.67 bits per heavy atom. The predicted octanol–water partition coefficient (Wildman–Crippen LogP) is 2.60. The van der Waals surface area contributed by atoms with Crippen molar-refractivity contribution in [3.05, 3.63) is 28.3 Å². The minimum atomic E-state index is -3.17. The van der Waals surface area contributed by atoms with Gasteiger partial charge in [0.1, 0.15) is 10.7 Å². The first-order valence-corrected chi connectivity index (χ1v) is 4.07. The third-order valence-corrected chi connectivity index (χ3v) is 1.92. The molecule has 0 bridgehead atoms. The highest BCUT2D eigenvalue weighted by atomic mass is 35.5. The standard InChI is InChI=1S/C8H5ClF3NO2/c1-15-8(14)5-4(7(11)12)3(10)2-13-6(5)9/h2,7H,1H3. The molecule has 3 nitrogen and oxygen atoms in total. The summed E-state index contributed by atoms with van der Waals surface area (Å²) in [6, 6.07) is 0. The maximum absolute atomic E-state index is 13.0. The maximum Gasteiger partial charge on any atom is 0.341 e. The van der Waals surface area contributed by atoms with Gasteiger partial charge in [0.15, 0.2) is 5.82 Å². The van der Waals surface area contributed by atoms with Gasteiger partial charge in [-0.05, 0) is 0 Å². The summed E-state index contributed by atoms with van der Waals surface area (Å²) in [5.74, 6) is -2.45. The number of methoxy groups -OCH3 is 1. The molecule has 1 aromatic heterocycles. The molecule has 1 rings (SSSR count). The van der Waals surface area contributed by atoms with Crippen LogP contribution in [0.3, 0.4) is 0 Å². The molecule has 0 unspecified atom stereocenters. The average molecular weight is 240 g/mol. The summed E-state index contributed by atoms with van der Waals surface area (Å²) >= 11 is 5.41. The Bertz CT molecular complexity index is 398. The number of hydrogen-bond donors (Lipinski definition) is 0. The number of halogens is 4. The number of nitrogens with zero attached hydrogens (tertiary/aromatic N) is 1. The Balaban J connectivity index is 3.45. The number of carbonyl (C=O) groups excluding carboxylic acids is 1. The van der Waals surface area contributed by atoms with Crippen LogP contribution in [0.15, 0.2) is 6.20 Å². The molecule has 7 heteroatoms. The van der Waals surface area contributed by atoms with Crippen molar-refractivity contribution in [1.29, 1.82) is 0 Å². The number of esters is 1. The first-order valence-electron chi connectivity index (χ1n) is 3.69. The molecule has 0 atom stereocenters. The third kappa shape index (κ3) is 2.20. The maximum atomic E-state index is 13.0. The molecule has 1 aromatic rings. The molecular formula is C8H5ClF3NO2. The highest BCUT2D eigenvalue weighted by Gasteiger charge is 2.27. The fourth-order valence-electron chi connectivity index (χ4n) is 0.988. The van der Waals surface area contributed by atoms with Crippen molar-refractivity contribution in [1.82, 2.24) is 4.98 Å². The second kappa shape index (κ2) is 4.48. The van der Waals surface area contributed by atoms with Gasteiger partial charge < -0.3 is 4.74 Å². The molecule has 15 heavy (non-hydrogen) atoms. The highest BCUT2D eigenvalue weighted by molar-refractivity contribution is 6.32. The molecule has 0 saturated heterocycles. The van der Waals surface area contributed by atoms with E-state index in [-0.39, 0.29) is 0 Å². The van der Waals surface area contributed by atoms with Crippen molar-refractivity contribution < 1.29 is 22.7 Å². The molecule has 0 aliphatic rings. The van der Waals surface area contributed by atoms with E-state index in [4.69, 9.17) is 11.6 Å². The van der Waals surface area contributed by atoms with Crippen LogP contribution in [0.1, 0.15) is 22.3 Å². The van der Waals surface area contributed by atoms with Crippen molar-refractivity contribution in [2.75, 3.05) is 7.11 Å². The summed E-state index contributed by atoms with van der Waals surface area (Å²) in [6.45, 7) is 0. The Morgan fingerprint density at radius 2 is 2.20 bits per heavy atom. The first-order chi connectivity index (χ1) is 6.99. The van der Waals surface area contributed by atoms with Crippen molar-refractivity contribution in [3.8, 4) is 0 Å². The molecule has 0 aromatic carbocycles. The van der Waals surface area contributed by atoms with Crippen LogP contribution in [0.25, 0.3) is 0 Å².